The van der Waals surface area contributed by atoms with Crippen molar-refractivity contribution >= 4 is 49.1 Å². The average molecular weight is 534 g/mol. The van der Waals surface area contributed by atoms with E-state index in [1.807, 2.05) is 12.1 Å². The number of benzene rings is 3. The number of ether oxygens (including phenoxy) is 1. The molecule has 0 aliphatic carbocycles. The van der Waals surface area contributed by atoms with Gasteiger partial charge in [-0.15, -0.1) is 11.3 Å². The second kappa shape index (κ2) is 9.88. The van der Waals surface area contributed by atoms with Gasteiger partial charge in [0.05, 0.1) is 34.5 Å². The van der Waals surface area contributed by atoms with E-state index in [4.69, 9.17) is 9.15 Å². The number of aromatic nitrogens is 1. The molecule has 0 radical (unpaired) electrons. The monoisotopic (exact) mass is 533 g/mol. The van der Waals surface area contributed by atoms with Crippen LogP contribution in [0.3, 0.4) is 0 Å². The molecule has 37 heavy (non-hydrogen) atoms. The van der Waals surface area contributed by atoms with Gasteiger partial charge >= 0.3 is 5.63 Å². The van der Waals surface area contributed by atoms with Crippen LogP contribution in [-0.2, 0) is 10.0 Å². The van der Waals surface area contributed by atoms with E-state index in [9.17, 15) is 18.0 Å². The van der Waals surface area contributed by atoms with Gasteiger partial charge in [-0.25, -0.2) is 18.2 Å². The Morgan fingerprint density at radius 1 is 1.00 bits per heavy atom. The van der Waals surface area contributed by atoms with Crippen LogP contribution < -0.4 is 20.4 Å². The zero-order valence-electron chi connectivity index (χ0n) is 19.3. The standard InChI is InChI=1S/C26H19N3O6S2/c1-34-17-10-12-18(13-11-17)37(32,33)29-21-8-4-3-7-19(21)24(30)28-26-27-22(15-36-26)20-14-16-6-2-5-9-23(16)35-25(20)31/h2-15,29H,1H3,(H,27,28,30). The first-order valence-corrected chi connectivity index (χ1v) is 13.3. The highest BCUT2D eigenvalue weighted by Gasteiger charge is 2.20. The second-order valence-electron chi connectivity index (χ2n) is 7.80. The minimum absolute atomic E-state index is 0.0160. The summed E-state index contributed by atoms with van der Waals surface area (Å²) < 4.78 is 38.7. The summed E-state index contributed by atoms with van der Waals surface area (Å²) in [6.45, 7) is 0. The number of sulfonamides is 1. The largest absolute Gasteiger partial charge is 0.497 e. The molecule has 5 rings (SSSR count). The molecule has 9 nitrogen and oxygen atoms in total. The first-order chi connectivity index (χ1) is 17.8. The van der Waals surface area contributed by atoms with Gasteiger partial charge in [-0.3, -0.25) is 14.8 Å². The number of carbonyl (C=O) groups excluding carboxylic acids is 1. The van der Waals surface area contributed by atoms with Crippen molar-refractivity contribution in [2.75, 3.05) is 17.1 Å². The van der Waals surface area contributed by atoms with Crippen LogP contribution in [0.1, 0.15) is 10.4 Å². The summed E-state index contributed by atoms with van der Waals surface area (Å²) in [6.07, 6.45) is 0. The van der Waals surface area contributed by atoms with Gasteiger partial charge in [-0.05, 0) is 48.5 Å². The van der Waals surface area contributed by atoms with Gasteiger partial charge in [-0.2, -0.15) is 0 Å². The van der Waals surface area contributed by atoms with E-state index in [2.05, 4.69) is 15.0 Å². The lowest BCUT2D eigenvalue weighted by molar-refractivity contribution is 0.102. The highest BCUT2D eigenvalue weighted by Crippen LogP contribution is 2.27. The van der Waals surface area contributed by atoms with Crippen molar-refractivity contribution < 1.29 is 22.4 Å². The van der Waals surface area contributed by atoms with Gasteiger partial charge in [0, 0.05) is 10.8 Å². The quantitative estimate of drug-likeness (QED) is 0.283. The SMILES string of the molecule is COc1ccc(S(=O)(=O)Nc2ccccc2C(=O)Nc2nc(-c3cc4ccccc4oc3=O)cs2)cc1. The molecule has 0 fully saturated rings. The number of nitrogens with zero attached hydrogens (tertiary/aromatic N) is 1. The molecule has 2 N–H and O–H groups in total. The van der Waals surface area contributed by atoms with Crippen LogP contribution in [0.15, 0.2) is 98.4 Å². The van der Waals surface area contributed by atoms with Gasteiger partial charge < -0.3 is 9.15 Å². The van der Waals surface area contributed by atoms with E-state index in [0.717, 1.165) is 16.7 Å². The Kier molecular flexibility index (Phi) is 6.47. The molecule has 186 valence electrons. The zero-order valence-corrected chi connectivity index (χ0v) is 20.9. The lowest BCUT2D eigenvalue weighted by Gasteiger charge is -2.12. The summed E-state index contributed by atoms with van der Waals surface area (Å²) in [6, 6.07) is 20.9. The lowest BCUT2D eigenvalue weighted by Crippen LogP contribution is -2.18. The van der Waals surface area contributed by atoms with Crippen molar-refractivity contribution in [3.05, 3.63) is 100 Å². The van der Waals surface area contributed by atoms with Gasteiger partial charge in [0.15, 0.2) is 5.13 Å². The van der Waals surface area contributed by atoms with Crippen molar-refractivity contribution in [3.8, 4) is 17.0 Å². The van der Waals surface area contributed by atoms with E-state index >= 15 is 0 Å². The summed E-state index contributed by atoms with van der Waals surface area (Å²) in [4.78, 5) is 29.9. The number of anilines is 2. The van der Waals surface area contributed by atoms with Crippen LogP contribution in [0.25, 0.3) is 22.2 Å². The van der Waals surface area contributed by atoms with E-state index < -0.39 is 21.6 Å². The maximum absolute atomic E-state index is 13.1. The van der Waals surface area contributed by atoms with Crippen LogP contribution in [0, 0.1) is 0 Å². The molecule has 0 saturated carbocycles. The van der Waals surface area contributed by atoms with Gasteiger partial charge in [0.25, 0.3) is 15.9 Å². The Bertz CT molecular complexity index is 1780. The maximum Gasteiger partial charge on any atom is 0.345 e. The molecule has 0 atom stereocenters. The number of amides is 1. The molecule has 2 heterocycles. The minimum Gasteiger partial charge on any atom is -0.497 e. The Labute approximate surface area is 215 Å². The molecule has 0 aliphatic heterocycles. The van der Waals surface area contributed by atoms with Crippen LogP contribution in [0.4, 0.5) is 10.8 Å². The molecule has 2 aromatic heterocycles. The first kappa shape index (κ1) is 24.2. The van der Waals surface area contributed by atoms with Gasteiger partial charge in [-0.1, -0.05) is 30.3 Å². The van der Waals surface area contributed by atoms with Crippen LogP contribution in [-0.4, -0.2) is 26.4 Å². The fourth-order valence-electron chi connectivity index (χ4n) is 3.59. The molecule has 0 unspecified atom stereocenters. The van der Waals surface area contributed by atoms with Crippen molar-refractivity contribution in [1.82, 2.24) is 4.98 Å². The number of para-hydroxylation sites is 2. The number of hydrogen-bond donors (Lipinski definition) is 2. The van der Waals surface area contributed by atoms with E-state index in [1.54, 1.807) is 35.7 Å². The molecular weight excluding hydrogens is 514 g/mol. The zero-order chi connectivity index (χ0) is 26.0. The van der Waals surface area contributed by atoms with E-state index in [-0.39, 0.29) is 26.8 Å². The highest BCUT2D eigenvalue weighted by atomic mass is 32.2. The number of hydrogen-bond acceptors (Lipinski definition) is 8. The summed E-state index contributed by atoms with van der Waals surface area (Å²) in [5, 5.41) is 5.29. The summed E-state index contributed by atoms with van der Waals surface area (Å²) in [5.74, 6) is -0.0533. The van der Waals surface area contributed by atoms with Crippen molar-refractivity contribution in [1.29, 1.82) is 0 Å². The third-order valence-electron chi connectivity index (χ3n) is 5.43. The first-order valence-electron chi connectivity index (χ1n) is 10.9. The topological polar surface area (TPSA) is 128 Å². The van der Waals surface area contributed by atoms with Crippen molar-refractivity contribution in [3.63, 3.8) is 0 Å². The van der Waals surface area contributed by atoms with Crippen molar-refractivity contribution in [2.45, 2.75) is 4.90 Å². The normalized spacial score (nSPS) is 11.3. The van der Waals surface area contributed by atoms with Crippen LogP contribution in [0.5, 0.6) is 5.75 Å². The fourth-order valence-corrected chi connectivity index (χ4v) is 5.37. The molecule has 0 aliphatic rings. The molecule has 0 spiro atoms. The third kappa shape index (κ3) is 5.08. The third-order valence-corrected chi connectivity index (χ3v) is 7.57. The van der Waals surface area contributed by atoms with Gasteiger partial charge in [0.1, 0.15) is 11.3 Å². The summed E-state index contributed by atoms with van der Waals surface area (Å²) in [7, 11) is -2.48. The van der Waals surface area contributed by atoms with Crippen LogP contribution >= 0.6 is 11.3 Å². The summed E-state index contributed by atoms with van der Waals surface area (Å²) in [5.41, 5.74) is 0.745. The van der Waals surface area contributed by atoms with Crippen molar-refractivity contribution in [2.24, 2.45) is 0 Å². The lowest BCUT2D eigenvalue weighted by atomic mass is 10.1. The Balaban J connectivity index is 1.38. The fraction of sp³-hybridized carbons (Fsp3) is 0.0385. The summed E-state index contributed by atoms with van der Waals surface area (Å²) >= 11 is 1.13. The molecule has 5 aromatic rings. The Morgan fingerprint density at radius 2 is 1.73 bits per heavy atom. The Morgan fingerprint density at radius 3 is 2.51 bits per heavy atom. The van der Waals surface area contributed by atoms with E-state index in [0.29, 0.717) is 17.0 Å². The number of methoxy groups -OCH3 is 1. The molecule has 11 heteroatoms. The predicted octanol–water partition coefficient (Wildman–Crippen LogP) is 4.98. The number of rotatable bonds is 7. The number of nitrogens with one attached hydrogen (secondary N) is 2. The molecule has 3 aromatic carbocycles. The number of fused-ring (bicyclic) bond motifs is 1. The minimum atomic E-state index is -3.97. The Hall–Kier alpha value is -4.48. The average Bonchev–Trinajstić information content (AvgIpc) is 3.36. The van der Waals surface area contributed by atoms with Gasteiger partial charge in [0.2, 0.25) is 0 Å². The number of carbonyl (C=O) groups is 1. The van der Waals surface area contributed by atoms with E-state index in [1.165, 1.54) is 43.5 Å². The molecular formula is C26H19N3O6S2. The second-order valence-corrected chi connectivity index (χ2v) is 10.3. The molecule has 0 bridgehead atoms. The number of thiazole rings is 1. The molecule has 1 amide bonds. The predicted molar refractivity (Wildman–Crippen MR) is 142 cm³/mol. The smallest absolute Gasteiger partial charge is 0.345 e. The molecule has 0 saturated heterocycles. The maximum atomic E-state index is 13.1. The van der Waals surface area contributed by atoms with Crippen LogP contribution in [0.2, 0.25) is 0 Å². The highest BCUT2D eigenvalue weighted by molar-refractivity contribution is 7.92.